The molecule has 0 spiro atoms. The Kier molecular flexibility index (Phi) is 6.69. The fourth-order valence-corrected chi connectivity index (χ4v) is 3.74. The van der Waals surface area contributed by atoms with E-state index in [0.717, 1.165) is 27.6 Å². The van der Waals surface area contributed by atoms with E-state index < -0.39 is 12.0 Å². The predicted molar refractivity (Wildman–Crippen MR) is 131 cm³/mol. The zero-order valence-electron chi connectivity index (χ0n) is 18.6. The van der Waals surface area contributed by atoms with E-state index in [-0.39, 0.29) is 11.8 Å². The van der Waals surface area contributed by atoms with E-state index in [0.29, 0.717) is 5.69 Å². The molecule has 0 bridgehead atoms. The Bertz CT molecular complexity index is 1260. The number of rotatable bonds is 7. The normalized spacial score (nSPS) is 12.5. The number of carbonyl (C=O) groups is 2. The number of hydrogen-bond acceptors (Lipinski definition) is 3. The molecular weight excluding hydrogens is 412 g/mol. The molecule has 0 saturated carbocycles. The maximum absolute atomic E-state index is 13.2. The van der Waals surface area contributed by atoms with Gasteiger partial charge in [0.1, 0.15) is 11.8 Å². The number of fused-ring (bicyclic) bond motifs is 1. The molecule has 4 aromatic rings. The van der Waals surface area contributed by atoms with Crippen molar-refractivity contribution >= 4 is 28.3 Å². The van der Waals surface area contributed by atoms with E-state index in [4.69, 9.17) is 4.74 Å². The number of nitrogens with one attached hydrogen (secondary N) is 2. The Morgan fingerprint density at radius 1 is 0.727 bits per heavy atom. The van der Waals surface area contributed by atoms with Crippen molar-refractivity contribution in [3.05, 3.63) is 108 Å². The van der Waals surface area contributed by atoms with E-state index in [1.54, 1.807) is 7.11 Å². The third-order valence-corrected chi connectivity index (χ3v) is 5.69. The van der Waals surface area contributed by atoms with Gasteiger partial charge in [0.25, 0.3) is 5.91 Å². The van der Waals surface area contributed by atoms with Crippen LogP contribution in [0.4, 0.5) is 5.69 Å². The van der Waals surface area contributed by atoms with Crippen LogP contribution in [0.1, 0.15) is 30.0 Å². The highest BCUT2D eigenvalue weighted by Gasteiger charge is 2.26. The van der Waals surface area contributed by atoms with Crippen LogP contribution in [0.15, 0.2) is 97.1 Å². The number of anilines is 1. The Hall–Kier alpha value is -4.12. The Balaban J connectivity index is 1.55. The fraction of sp³-hybridized carbons (Fsp3) is 0.143. The number of para-hydroxylation sites is 1. The monoisotopic (exact) mass is 438 g/mol. The number of methoxy groups -OCH3 is 1. The molecule has 0 saturated heterocycles. The third-order valence-electron chi connectivity index (χ3n) is 5.69. The molecule has 2 atom stereocenters. The molecule has 5 nitrogen and oxygen atoms in total. The Labute approximate surface area is 193 Å². The highest BCUT2D eigenvalue weighted by Crippen LogP contribution is 2.26. The topological polar surface area (TPSA) is 67.4 Å². The van der Waals surface area contributed by atoms with E-state index in [2.05, 4.69) is 10.6 Å². The van der Waals surface area contributed by atoms with Gasteiger partial charge in [-0.05, 0) is 53.1 Å². The van der Waals surface area contributed by atoms with E-state index >= 15 is 0 Å². The van der Waals surface area contributed by atoms with Gasteiger partial charge in [-0.3, -0.25) is 9.59 Å². The molecule has 0 aliphatic heterocycles. The molecule has 0 aliphatic carbocycles. The molecular formula is C28H26N2O3. The summed E-state index contributed by atoms with van der Waals surface area (Å²) in [5.41, 5.74) is 2.27. The van der Waals surface area contributed by atoms with Crippen LogP contribution in [0.2, 0.25) is 0 Å². The van der Waals surface area contributed by atoms with Crippen molar-refractivity contribution < 1.29 is 14.3 Å². The van der Waals surface area contributed by atoms with Crippen molar-refractivity contribution in [3.63, 3.8) is 0 Å². The average Bonchev–Trinajstić information content (AvgIpc) is 2.87. The molecule has 5 heteroatoms. The lowest BCUT2D eigenvalue weighted by Crippen LogP contribution is -2.38. The molecule has 0 aromatic heterocycles. The lowest BCUT2D eigenvalue weighted by atomic mass is 9.96. The van der Waals surface area contributed by atoms with Gasteiger partial charge in [0.15, 0.2) is 0 Å². The SMILES string of the molecule is COc1ccc2cc([C@H](C)C(=O)NC(C(=O)Nc3ccccc3)c3ccccc3)ccc2c1. The van der Waals surface area contributed by atoms with E-state index in [1.165, 1.54) is 0 Å². The molecule has 0 heterocycles. The summed E-state index contributed by atoms with van der Waals surface area (Å²) < 4.78 is 5.29. The van der Waals surface area contributed by atoms with E-state index in [9.17, 15) is 9.59 Å². The standard InChI is InChI=1S/C28H26N2O3/c1-19(21-13-14-23-18-25(33-2)16-15-22(23)17-21)27(31)30-26(20-9-5-3-6-10-20)28(32)29-24-11-7-4-8-12-24/h3-19,26H,1-2H3,(H,29,32)(H,30,31)/t19-,26?/m0/s1. The van der Waals surface area contributed by atoms with Crippen LogP contribution in [0.3, 0.4) is 0 Å². The van der Waals surface area contributed by atoms with Gasteiger partial charge in [-0.25, -0.2) is 0 Å². The summed E-state index contributed by atoms with van der Waals surface area (Å²) in [5, 5.41) is 7.90. The van der Waals surface area contributed by atoms with Crippen LogP contribution in [0.25, 0.3) is 10.8 Å². The summed E-state index contributed by atoms with van der Waals surface area (Å²) in [6.45, 7) is 1.84. The lowest BCUT2D eigenvalue weighted by molar-refractivity contribution is -0.127. The van der Waals surface area contributed by atoms with Crippen molar-refractivity contribution in [3.8, 4) is 5.75 Å². The van der Waals surface area contributed by atoms with Crippen LogP contribution in [-0.4, -0.2) is 18.9 Å². The smallest absolute Gasteiger partial charge is 0.251 e. The predicted octanol–water partition coefficient (Wildman–Crippen LogP) is 5.45. The molecule has 4 rings (SSSR count). The third kappa shape index (κ3) is 5.21. The molecule has 2 amide bonds. The molecule has 0 radical (unpaired) electrons. The molecule has 166 valence electrons. The zero-order chi connectivity index (χ0) is 23.2. The van der Waals surface area contributed by atoms with Crippen LogP contribution in [-0.2, 0) is 9.59 Å². The van der Waals surface area contributed by atoms with Gasteiger partial charge < -0.3 is 15.4 Å². The first-order valence-corrected chi connectivity index (χ1v) is 10.8. The number of amides is 2. The van der Waals surface area contributed by atoms with Gasteiger partial charge in [0, 0.05) is 5.69 Å². The molecule has 2 N–H and O–H groups in total. The summed E-state index contributed by atoms with van der Waals surface area (Å²) in [6.07, 6.45) is 0. The minimum atomic E-state index is -0.814. The van der Waals surface area contributed by atoms with Crippen molar-refractivity contribution in [1.29, 1.82) is 0 Å². The van der Waals surface area contributed by atoms with Crippen molar-refractivity contribution in [2.24, 2.45) is 0 Å². The quantitative estimate of drug-likeness (QED) is 0.403. The van der Waals surface area contributed by atoms with Crippen LogP contribution >= 0.6 is 0 Å². The largest absolute Gasteiger partial charge is 0.497 e. The van der Waals surface area contributed by atoms with E-state index in [1.807, 2.05) is 104 Å². The van der Waals surface area contributed by atoms with Gasteiger partial charge in [-0.15, -0.1) is 0 Å². The highest BCUT2D eigenvalue weighted by atomic mass is 16.5. The number of ether oxygens (including phenoxy) is 1. The summed E-state index contributed by atoms with van der Waals surface area (Å²) in [4.78, 5) is 26.3. The Morgan fingerprint density at radius 2 is 1.36 bits per heavy atom. The molecule has 0 aliphatic rings. The van der Waals surface area contributed by atoms with Crippen molar-refractivity contribution in [2.45, 2.75) is 18.9 Å². The number of hydrogen-bond donors (Lipinski definition) is 2. The first-order chi connectivity index (χ1) is 16.0. The van der Waals surface area contributed by atoms with Crippen LogP contribution in [0.5, 0.6) is 5.75 Å². The summed E-state index contributed by atoms with van der Waals surface area (Å²) >= 11 is 0. The summed E-state index contributed by atoms with van der Waals surface area (Å²) in [5.74, 6) is -0.165. The average molecular weight is 439 g/mol. The van der Waals surface area contributed by atoms with Gasteiger partial charge in [-0.2, -0.15) is 0 Å². The Morgan fingerprint density at radius 3 is 2.06 bits per heavy atom. The van der Waals surface area contributed by atoms with Gasteiger partial charge in [0.05, 0.1) is 13.0 Å². The first-order valence-electron chi connectivity index (χ1n) is 10.8. The summed E-state index contributed by atoms with van der Waals surface area (Å²) in [6, 6.07) is 29.4. The number of carbonyl (C=O) groups excluding carboxylic acids is 2. The molecule has 0 fully saturated rings. The second kappa shape index (κ2) is 10.0. The lowest BCUT2D eigenvalue weighted by Gasteiger charge is -2.21. The maximum Gasteiger partial charge on any atom is 0.251 e. The van der Waals surface area contributed by atoms with Gasteiger partial charge >= 0.3 is 0 Å². The molecule has 1 unspecified atom stereocenters. The van der Waals surface area contributed by atoms with Crippen LogP contribution < -0.4 is 15.4 Å². The van der Waals surface area contributed by atoms with Crippen molar-refractivity contribution in [2.75, 3.05) is 12.4 Å². The van der Waals surface area contributed by atoms with Gasteiger partial charge in [-0.1, -0.05) is 72.8 Å². The number of benzene rings is 4. The first kappa shape index (κ1) is 22.1. The highest BCUT2D eigenvalue weighted by molar-refractivity contribution is 5.99. The second-order valence-electron chi connectivity index (χ2n) is 7.90. The molecule has 4 aromatic carbocycles. The summed E-state index contributed by atoms with van der Waals surface area (Å²) in [7, 11) is 1.64. The minimum absolute atomic E-state index is 0.222. The second-order valence-corrected chi connectivity index (χ2v) is 7.90. The van der Waals surface area contributed by atoms with Gasteiger partial charge in [0.2, 0.25) is 5.91 Å². The molecule has 33 heavy (non-hydrogen) atoms. The van der Waals surface area contributed by atoms with Crippen molar-refractivity contribution in [1.82, 2.24) is 5.32 Å². The van der Waals surface area contributed by atoms with Crippen LogP contribution in [0, 0.1) is 0 Å². The maximum atomic E-state index is 13.2. The fourth-order valence-electron chi connectivity index (χ4n) is 3.74. The zero-order valence-corrected chi connectivity index (χ0v) is 18.6. The minimum Gasteiger partial charge on any atom is -0.497 e.